The van der Waals surface area contributed by atoms with Crippen molar-refractivity contribution >= 4 is 33.2 Å². The van der Waals surface area contributed by atoms with Crippen molar-refractivity contribution in [1.82, 2.24) is 15.3 Å². The lowest BCUT2D eigenvalue weighted by molar-refractivity contribution is -0.120. The van der Waals surface area contributed by atoms with Gasteiger partial charge in [-0.2, -0.15) is 0 Å². The Hall–Kier alpha value is -1.14. The SMILES string of the molecule is CCC(Br)C(=O)NCCc1[nH]cnc1-c1cccs1. The molecule has 102 valence electrons. The molecule has 1 amide bonds. The van der Waals surface area contributed by atoms with Gasteiger partial charge in [0.2, 0.25) is 5.91 Å². The minimum Gasteiger partial charge on any atom is -0.355 e. The highest BCUT2D eigenvalue weighted by Crippen LogP contribution is 2.25. The Kier molecular flexibility index (Phi) is 5.15. The van der Waals surface area contributed by atoms with Crippen LogP contribution in [0.5, 0.6) is 0 Å². The van der Waals surface area contributed by atoms with E-state index in [-0.39, 0.29) is 10.7 Å². The molecule has 0 spiro atoms. The summed E-state index contributed by atoms with van der Waals surface area (Å²) in [4.78, 5) is 20.2. The molecule has 2 aromatic heterocycles. The van der Waals surface area contributed by atoms with Crippen LogP contribution in [0.1, 0.15) is 19.0 Å². The fourth-order valence-corrected chi connectivity index (χ4v) is 2.65. The van der Waals surface area contributed by atoms with Crippen molar-refractivity contribution < 1.29 is 4.79 Å². The second-order valence-electron chi connectivity index (χ2n) is 4.12. The largest absolute Gasteiger partial charge is 0.355 e. The van der Waals surface area contributed by atoms with Crippen LogP contribution in [0.4, 0.5) is 0 Å². The molecule has 0 fully saturated rings. The number of aromatic amines is 1. The first-order valence-corrected chi connectivity index (χ1v) is 7.99. The molecule has 19 heavy (non-hydrogen) atoms. The van der Waals surface area contributed by atoms with Crippen LogP contribution in [0.3, 0.4) is 0 Å². The number of amides is 1. The normalized spacial score (nSPS) is 12.3. The van der Waals surface area contributed by atoms with E-state index in [2.05, 4.69) is 37.3 Å². The molecular weight excluding hydrogens is 326 g/mol. The van der Waals surface area contributed by atoms with Gasteiger partial charge in [0, 0.05) is 18.7 Å². The summed E-state index contributed by atoms with van der Waals surface area (Å²) in [6, 6.07) is 4.06. The van der Waals surface area contributed by atoms with Crippen molar-refractivity contribution in [2.75, 3.05) is 6.54 Å². The number of nitrogens with one attached hydrogen (secondary N) is 2. The summed E-state index contributed by atoms with van der Waals surface area (Å²) in [5, 5.41) is 4.95. The number of thiophene rings is 1. The number of hydrogen-bond donors (Lipinski definition) is 2. The second-order valence-corrected chi connectivity index (χ2v) is 6.18. The third kappa shape index (κ3) is 3.67. The lowest BCUT2D eigenvalue weighted by Gasteiger charge is -2.08. The van der Waals surface area contributed by atoms with Crippen molar-refractivity contribution in [2.24, 2.45) is 0 Å². The summed E-state index contributed by atoms with van der Waals surface area (Å²) in [5.74, 6) is 0.0414. The van der Waals surface area contributed by atoms with Gasteiger partial charge in [0.1, 0.15) is 5.69 Å². The number of carbonyl (C=O) groups is 1. The molecule has 2 N–H and O–H groups in total. The number of alkyl halides is 1. The minimum absolute atomic E-state index is 0.0414. The Morgan fingerprint density at radius 1 is 1.63 bits per heavy atom. The highest BCUT2D eigenvalue weighted by molar-refractivity contribution is 9.10. The van der Waals surface area contributed by atoms with Gasteiger partial charge in [-0.25, -0.2) is 4.98 Å². The molecule has 0 radical (unpaired) electrons. The fourth-order valence-electron chi connectivity index (χ4n) is 1.74. The average molecular weight is 342 g/mol. The topological polar surface area (TPSA) is 57.8 Å². The quantitative estimate of drug-likeness (QED) is 0.793. The third-order valence-electron chi connectivity index (χ3n) is 2.79. The summed E-state index contributed by atoms with van der Waals surface area (Å²) < 4.78 is 0. The van der Waals surface area contributed by atoms with Gasteiger partial charge in [0.15, 0.2) is 0 Å². The van der Waals surface area contributed by atoms with Crippen LogP contribution in [0, 0.1) is 0 Å². The summed E-state index contributed by atoms with van der Waals surface area (Å²) in [5.41, 5.74) is 2.04. The van der Waals surface area contributed by atoms with Crippen molar-refractivity contribution in [1.29, 1.82) is 0 Å². The summed E-state index contributed by atoms with van der Waals surface area (Å²) in [6.07, 6.45) is 3.24. The third-order valence-corrected chi connectivity index (χ3v) is 4.73. The molecule has 0 bridgehead atoms. The number of rotatable bonds is 6. The Morgan fingerprint density at radius 2 is 2.47 bits per heavy atom. The zero-order chi connectivity index (χ0) is 13.7. The standard InChI is InChI=1S/C13H16BrN3OS/c1-2-9(14)13(18)15-6-5-10-12(17-8-16-10)11-4-3-7-19-11/h3-4,7-9H,2,5-6H2,1H3,(H,15,18)(H,16,17). The maximum atomic E-state index is 11.6. The number of carbonyl (C=O) groups excluding carboxylic acids is 1. The molecule has 2 heterocycles. The number of imidazole rings is 1. The van der Waals surface area contributed by atoms with Crippen LogP contribution >= 0.6 is 27.3 Å². The molecule has 0 aliphatic carbocycles. The van der Waals surface area contributed by atoms with E-state index in [1.54, 1.807) is 17.7 Å². The molecular formula is C13H16BrN3OS. The molecule has 6 heteroatoms. The van der Waals surface area contributed by atoms with Gasteiger partial charge in [0.25, 0.3) is 0 Å². The Morgan fingerprint density at radius 3 is 3.16 bits per heavy atom. The smallest absolute Gasteiger partial charge is 0.233 e. The van der Waals surface area contributed by atoms with E-state index in [9.17, 15) is 4.79 Å². The first-order chi connectivity index (χ1) is 9.22. The summed E-state index contributed by atoms with van der Waals surface area (Å²) in [6.45, 7) is 2.59. The molecule has 0 aromatic carbocycles. The Bertz CT molecular complexity index is 524. The highest BCUT2D eigenvalue weighted by atomic mass is 79.9. The van der Waals surface area contributed by atoms with E-state index in [4.69, 9.17) is 0 Å². The van der Waals surface area contributed by atoms with Crippen molar-refractivity contribution in [3.05, 3.63) is 29.5 Å². The minimum atomic E-state index is -0.106. The van der Waals surface area contributed by atoms with Gasteiger partial charge in [-0.1, -0.05) is 28.9 Å². The molecule has 0 aliphatic heterocycles. The van der Waals surface area contributed by atoms with Gasteiger partial charge in [-0.15, -0.1) is 11.3 Å². The average Bonchev–Trinajstić information content (AvgIpc) is 3.07. The molecule has 0 saturated heterocycles. The van der Waals surface area contributed by atoms with Crippen LogP contribution in [-0.4, -0.2) is 27.2 Å². The Labute approximate surface area is 124 Å². The predicted molar refractivity (Wildman–Crippen MR) is 81.6 cm³/mol. The van der Waals surface area contributed by atoms with E-state index in [1.165, 1.54) is 0 Å². The number of hydrogen-bond acceptors (Lipinski definition) is 3. The Balaban J connectivity index is 1.91. The van der Waals surface area contributed by atoms with Crippen LogP contribution in [-0.2, 0) is 11.2 Å². The van der Waals surface area contributed by atoms with Crippen LogP contribution in [0.2, 0.25) is 0 Å². The number of halogens is 1. The van der Waals surface area contributed by atoms with E-state index in [0.717, 1.165) is 29.1 Å². The molecule has 1 unspecified atom stereocenters. The maximum Gasteiger partial charge on any atom is 0.233 e. The predicted octanol–water partition coefficient (Wildman–Crippen LogP) is 2.97. The molecule has 2 aromatic rings. The molecule has 1 atom stereocenters. The lowest BCUT2D eigenvalue weighted by atomic mass is 10.2. The van der Waals surface area contributed by atoms with Crippen molar-refractivity contribution in [3.8, 4) is 10.6 Å². The molecule has 0 saturated carbocycles. The lowest BCUT2D eigenvalue weighted by Crippen LogP contribution is -2.32. The first-order valence-electron chi connectivity index (χ1n) is 6.20. The highest BCUT2D eigenvalue weighted by Gasteiger charge is 2.13. The molecule has 4 nitrogen and oxygen atoms in total. The molecule has 0 aliphatic rings. The monoisotopic (exact) mass is 341 g/mol. The first kappa shape index (κ1) is 14.3. The van der Waals surface area contributed by atoms with Gasteiger partial charge in [-0.05, 0) is 17.9 Å². The summed E-state index contributed by atoms with van der Waals surface area (Å²) in [7, 11) is 0. The summed E-state index contributed by atoms with van der Waals surface area (Å²) >= 11 is 5.00. The van der Waals surface area contributed by atoms with Gasteiger partial charge < -0.3 is 10.3 Å². The maximum absolute atomic E-state index is 11.6. The number of H-pyrrole nitrogens is 1. The van der Waals surface area contributed by atoms with E-state index < -0.39 is 0 Å². The zero-order valence-corrected chi connectivity index (χ0v) is 13.1. The van der Waals surface area contributed by atoms with Crippen LogP contribution < -0.4 is 5.32 Å². The van der Waals surface area contributed by atoms with E-state index >= 15 is 0 Å². The van der Waals surface area contributed by atoms with Gasteiger partial charge in [-0.3, -0.25) is 4.79 Å². The van der Waals surface area contributed by atoms with Crippen molar-refractivity contribution in [3.63, 3.8) is 0 Å². The van der Waals surface area contributed by atoms with E-state index in [1.807, 2.05) is 18.4 Å². The fraction of sp³-hybridized carbons (Fsp3) is 0.385. The van der Waals surface area contributed by atoms with E-state index in [0.29, 0.717) is 6.54 Å². The molecule has 2 rings (SSSR count). The van der Waals surface area contributed by atoms with Crippen molar-refractivity contribution in [2.45, 2.75) is 24.6 Å². The number of nitrogens with zero attached hydrogens (tertiary/aromatic N) is 1. The van der Waals surface area contributed by atoms with Gasteiger partial charge in [0.05, 0.1) is 16.0 Å². The van der Waals surface area contributed by atoms with Crippen LogP contribution in [0.25, 0.3) is 10.6 Å². The zero-order valence-electron chi connectivity index (χ0n) is 10.6. The van der Waals surface area contributed by atoms with Gasteiger partial charge >= 0.3 is 0 Å². The number of aromatic nitrogens is 2. The second kappa shape index (κ2) is 6.86. The van der Waals surface area contributed by atoms with Crippen LogP contribution in [0.15, 0.2) is 23.8 Å².